The summed E-state index contributed by atoms with van der Waals surface area (Å²) in [5.74, 6) is -0.740. The number of halogens is 3. The van der Waals surface area contributed by atoms with Gasteiger partial charge in [0.05, 0.1) is 22.5 Å². The lowest BCUT2D eigenvalue weighted by atomic mass is 10.2. The quantitative estimate of drug-likeness (QED) is 0.589. The van der Waals surface area contributed by atoms with Crippen molar-refractivity contribution in [2.45, 2.75) is 6.92 Å². The molecule has 0 saturated carbocycles. The molecule has 2 N–H and O–H groups in total. The number of hydrogen-bond acceptors (Lipinski definition) is 3. The maximum atomic E-state index is 13.8. The van der Waals surface area contributed by atoms with E-state index in [9.17, 15) is 9.18 Å². The molecule has 0 bridgehead atoms. The van der Waals surface area contributed by atoms with Gasteiger partial charge in [0.1, 0.15) is 11.6 Å². The zero-order valence-electron chi connectivity index (χ0n) is 13.7. The van der Waals surface area contributed by atoms with Gasteiger partial charge in [-0.05, 0) is 48.9 Å². The van der Waals surface area contributed by atoms with Crippen molar-refractivity contribution in [3.63, 3.8) is 0 Å². The van der Waals surface area contributed by atoms with Crippen LogP contribution in [0, 0.1) is 12.7 Å². The maximum Gasteiger partial charge on any atom is 0.260 e. The lowest BCUT2D eigenvalue weighted by Crippen LogP contribution is -2.14. The number of hydrogen-bond donors (Lipinski definition) is 2. The van der Waals surface area contributed by atoms with Gasteiger partial charge in [0, 0.05) is 10.7 Å². The Labute approximate surface area is 160 Å². The Bertz CT molecular complexity index is 941. The van der Waals surface area contributed by atoms with Crippen LogP contribution in [0.15, 0.2) is 54.7 Å². The Morgan fingerprint density at radius 1 is 1.04 bits per heavy atom. The third kappa shape index (κ3) is 3.95. The van der Waals surface area contributed by atoms with Gasteiger partial charge in [0.15, 0.2) is 0 Å². The molecule has 7 heteroatoms. The van der Waals surface area contributed by atoms with Gasteiger partial charge in [0.2, 0.25) is 0 Å². The second-order valence-corrected chi connectivity index (χ2v) is 6.33. The SMILES string of the molecule is Cc1c(Cl)cccc1Nc1ccc(NC(=O)c2c(F)cccc2Cl)cn1. The second-order valence-electron chi connectivity index (χ2n) is 5.52. The molecule has 0 aliphatic rings. The Balaban J connectivity index is 1.74. The van der Waals surface area contributed by atoms with E-state index in [4.69, 9.17) is 23.2 Å². The van der Waals surface area contributed by atoms with Crippen molar-refractivity contribution in [2.24, 2.45) is 0 Å². The van der Waals surface area contributed by atoms with E-state index < -0.39 is 11.7 Å². The summed E-state index contributed by atoms with van der Waals surface area (Å²) < 4.78 is 13.8. The van der Waals surface area contributed by atoms with Gasteiger partial charge >= 0.3 is 0 Å². The van der Waals surface area contributed by atoms with Crippen molar-refractivity contribution in [3.05, 3.63) is 81.7 Å². The topological polar surface area (TPSA) is 54.0 Å². The van der Waals surface area contributed by atoms with E-state index >= 15 is 0 Å². The highest BCUT2D eigenvalue weighted by Crippen LogP contribution is 2.26. The van der Waals surface area contributed by atoms with Crippen LogP contribution < -0.4 is 10.6 Å². The van der Waals surface area contributed by atoms with E-state index in [1.54, 1.807) is 12.1 Å². The molecule has 4 nitrogen and oxygen atoms in total. The number of carbonyl (C=O) groups excluding carboxylic acids is 1. The van der Waals surface area contributed by atoms with Crippen LogP contribution in [0.3, 0.4) is 0 Å². The molecule has 1 aromatic heterocycles. The van der Waals surface area contributed by atoms with Gasteiger partial charge in [-0.25, -0.2) is 9.37 Å². The number of amides is 1. The molecule has 26 heavy (non-hydrogen) atoms. The van der Waals surface area contributed by atoms with Crippen molar-refractivity contribution in [1.82, 2.24) is 4.98 Å². The minimum Gasteiger partial charge on any atom is -0.340 e. The predicted molar refractivity (Wildman–Crippen MR) is 103 cm³/mol. The molecule has 0 radical (unpaired) electrons. The van der Waals surface area contributed by atoms with Gasteiger partial charge in [0.25, 0.3) is 5.91 Å². The molecule has 0 spiro atoms. The standard InChI is InChI=1S/C19H14Cl2FN3O/c1-11-13(20)4-3-7-16(11)25-17-9-8-12(10-23-17)24-19(26)18-14(21)5-2-6-15(18)22/h2-10H,1H3,(H,23,25)(H,24,26). The zero-order chi connectivity index (χ0) is 18.7. The summed E-state index contributed by atoms with van der Waals surface area (Å²) in [6.45, 7) is 1.90. The van der Waals surface area contributed by atoms with Gasteiger partial charge in [-0.15, -0.1) is 0 Å². The van der Waals surface area contributed by atoms with Crippen LogP contribution in [0.25, 0.3) is 0 Å². The zero-order valence-corrected chi connectivity index (χ0v) is 15.2. The first-order chi connectivity index (χ1) is 12.5. The second kappa shape index (κ2) is 7.72. The van der Waals surface area contributed by atoms with E-state index in [1.165, 1.54) is 24.4 Å². The average Bonchev–Trinajstić information content (AvgIpc) is 2.60. The summed E-state index contributed by atoms with van der Waals surface area (Å²) in [4.78, 5) is 16.5. The fraction of sp³-hybridized carbons (Fsp3) is 0.0526. The molecular formula is C19H14Cl2FN3O. The van der Waals surface area contributed by atoms with Crippen molar-refractivity contribution in [1.29, 1.82) is 0 Å². The van der Waals surface area contributed by atoms with Crippen LogP contribution in [-0.4, -0.2) is 10.9 Å². The minimum atomic E-state index is -0.683. The number of aromatic nitrogens is 1. The summed E-state index contributed by atoms with van der Waals surface area (Å²) in [7, 11) is 0. The summed E-state index contributed by atoms with van der Waals surface area (Å²) in [6, 6.07) is 13.0. The largest absolute Gasteiger partial charge is 0.340 e. The van der Waals surface area contributed by atoms with E-state index in [-0.39, 0.29) is 10.6 Å². The van der Waals surface area contributed by atoms with E-state index in [0.717, 1.165) is 11.3 Å². The van der Waals surface area contributed by atoms with Gasteiger partial charge in [-0.3, -0.25) is 4.79 Å². The Morgan fingerprint density at radius 3 is 2.46 bits per heavy atom. The van der Waals surface area contributed by atoms with E-state index in [2.05, 4.69) is 15.6 Å². The number of benzene rings is 2. The third-order valence-electron chi connectivity index (χ3n) is 3.74. The molecule has 0 aliphatic carbocycles. The minimum absolute atomic E-state index is 0.0465. The molecule has 0 aliphatic heterocycles. The maximum absolute atomic E-state index is 13.8. The normalized spacial score (nSPS) is 10.5. The van der Waals surface area contributed by atoms with Crippen LogP contribution in [0.2, 0.25) is 10.0 Å². The number of nitrogens with zero attached hydrogens (tertiary/aromatic N) is 1. The number of pyridine rings is 1. The van der Waals surface area contributed by atoms with Crippen LogP contribution in [-0.2, 0) is 0 Å². The lowest BCUT2D eigenvalue weighted by Gasteiger charge is -2.11. The smallest absolute Gasteiger partial charge is 0.260 e. The van der Waals surface area contributed by atoms with Crippen molar-refractivity contribution in [3.8, 4) is 0 Å². The van der Waals surface area contributed by atoms with Crippen LogP contribution in [0.4, 0.5) is 21.6 Å². The van der Waals surface area contributed by atoms with Crippen LogP contribution in [0.1, 0.15) is 15.9 Å². The molecule has 132 valence electrons. The van der Waals surface area contributed by atoms with Gasteiger partial charge in [-0.2, -0.15) is 0 Å². The molecule has 1 heterocycles. The van der Waals surface area contributed by atoms with Gasteiger partial charge in [-0.1, -0.05) is 35.3 Å². The molecular weight excluding hydrogens is 376 g/mol. The van der Waals surface area contributed by atoms with Gasteiger partial charge < -0.3 is 10.6 Å². The van der Waals surface area contributed by atoms with Crippen molar-refractivity contribution < 1.29 is 9.18 Å². The van der Waals surface area contributed by atoms with Crippen LogP contribution in [0.5, 0.6) is 0 Å². The number of anilines is 3. The molecule has 0 saturated heterocycles. The molecule has 3 rings (SSSR count). The van der Waals surface area contributed by atoms with E-state index in [1.807, 2.05) is 25.1 Å². The third-order valence-corrected chi connectivity index (χ3v) is 4.47. The van der Waals surface area contributed by atoms with Crippen LogP contribution >= 0.6 is 23.2 Å². The van der Waals surface area contributed by atoms with Crippen molar-refractivity contribution in [2.75, 3.05) is 10.6 Å². The first-order valence-electron chi connectivity index (χ1n) is 7.69. The molecule has 1 amide bonds. The fourth-order valence-electron chi connectivity index (χ4n) is 2.33. The monoisotopic (exact) mass is 389 g/mol. The fourth-order valence-corrected chi connectivity index (χ4v) is 2.75. The highest BCUT2D eigenvalue weighted by Gasteiger charge is 2.16. The Hall–Kier alpha value is -2.63. The highest BCUT2D eigenvalue weighted by atomic mass is 35.5. The summed E-state index contributed by atoms with van der Waals surface area (Å²) in [5, 5.41) is 6.43. The number of nitrogens with one attached hydrogen (secondary N) is 2. The first kappa shape index (κ1) is 18.2. The number of carbonyl (C=O) groups is 1. The summed E-state index contributed by atoms with van der Waals surface area (Å²) in [6.07, 6.45) is 1.47. The Morgan fingerprint density at radius 2 is 1.77 bits per heavy atom. The molecule has 3 aromatic rings. The summed E-state index contributed by atoms with van der Waals surface area (Å²) in [5.41, 5.74) is 1.95. The molecule has 0 unspecified atom stereocenters. The Kier molecular flexibility index (Phi) is 5.40. The van der Waals surface area contributed by atoms with Crippen molar-refractivity contribution >= 4 is 46.3 Å². The first-order valence-corrected chi connectivity index (χ1v) is 8.45. The lowest BCUT2D eigenvalue weighted by molar-refractivity contribution is 0.102. The predicted octanol–water partition coefficient (Wildman–Crippen LogP) is 5.83. The van der Waals surface area contributed by atoms with E-state index in [0.29, 0.717) is 16.5 Å². The average molecular weight is 390 g/mol. The molecule has 0 atom stereocenters. The molecule has 2 aromatic carbocycles. The summed E-state index contributed by atoms with van der Waals surface area (Å²) >= 11 is 12.0. The number of rotatable bonds is 4. The molecule has 0 fully saturated rings. The highest BCUT2D eigenvalue weighted by molar-refractivity contribution is 6.34.